The van der Waals surface area contributed by atoms with Crippen molar-refractivity contribution in [3.05, 3.63) is 27.6 Å². The summed E-state index contributed by atoms with van der Waals surface area (Å²) in [6.07, 6.45) is 0. The number of hydrogen-bond donors (Lipinski definition) is 0. The minimum atomic E-state index is 0.206. The number of rotatable bonds is 1. The molecule has 0 atom stereocenters. The second kappa shape index (κ2) is 3.81. The van der Waals surface area contributed by atoms with Gasteiger partial charge in [0.25, 0.3) is 0 Å². The standard InChI is InChI=1S/C8H5Cl2N3S/c1-4-11-7(13-8(10)12-4)5-2-3-6(9)14-5/h2-3H,1H3. The third-order valence-electron chi connectivity index (χ3n) is 1.51. The van der Waals surface area contributed by atoms with Crippen LogP contribution in [0.3, 0.4) is 0 Å². The largest absolute Gasteiger partial charge is 0.226 e. The molecule has 2 aromatic rings. The molecule has 72 valence electrons. The number of hydrogen-bond acceptors (Lipinski definition) is 4. The van der Waals surface area contributed by atoms with Crippen LogP contribution in [0.25, 0.3) is 10.7 Å². The van der Waals surface area contributed by atoms with Gasteiger partial charge in [-0.15, -0.1) is 11.3 Å². The van der Waals surface area contributed by atoms with Crippen LogP contribution in [-0.4, -0.2) is 15.0 Å². The molecule has 0 saturated heterocycles. The molecular weight excluding hydrogens is 241 g/mol. The van der Waals surface area contributed by atoms with E-state index in [1.165, 1.54) is 11.3 Å². The highest BCUT2D eigenvalue weighted by Crippen LogP contribution is 2.28. The monoisotopic (exact) mass is 245 g/mol. The number of aromatic nitrogens is 3. The van der Waals surface area contributed by atoms with E-state index in [0.717, 1.165) is 4.88 Å². The molecular formula is C8H5Cl2N3S. The first-order valence-corrected chi connectivity index (χ1v) is 5.36. The Morgan fingerprint density at radius 3 is 2.50 bits per heavy atom. The van der Waals surface area contributed by atoms with E-state index in [2.05, 4.69) is 15.0 Å². The van der Waals surface area contributed by atoms with E-state index in [4.69, 9.17) is 23.2 Å². The Labute approximate surface area is 94.8 Å². The Bertz CT molecular complexity index is 449. The van der Waals surface area contributed by atoms with Gasteiger partial charge < -0.3 is 0 Å². The van der Waals surface area contributed by atoms with Gasteiger partial charge in [-0.3, -0.25) is 0 Å². The van der Waals surface area contributed by atoms with Gasteiger partial charge in [-0.1, -0.05) is 11.6 Å². The lowest BCUT2D eigenvalue weighted by molar-refractivity contribution is 0.987. The van der Waals surface area contributed by atoms with E-state index in [1.807, 2.05) is 6.07 Å². The molecule has 0 aliphatic carbocycles. The van der Waals surface area contributed by atoms with Crippen LogP contribution >= 0.6 is 34.5 Å². The molecule has 0 aromatic carbocycles. The van der Waals surface area contributed by atoms with Crippen molar-refractivity contribution in [1.29, 1.82) is 0 Å². The van der Waals surface area contributed by atoms with Crippen LogP contribution in [0.15, 0.2) is 12.1 Å². The van der Waals surface area contributed by atoms with Gasteiger partial charge in [-0.25, -0.2) is 9.97 Å². The molecule has 0 bridgehead atoms. The molecule has 0 spiro atoms. The zero-order valence-electron chi connectivity index (χ0n) is 7.16. The highest BCUT2D eigenvalue weighted by atomic mass is 35.5. The summed E-state index contributed by atoms with van der Waals surface area (Å²) in [6.45, 7) is 1.77. The molecule has 0 radical (unpaired) electrons. The van der Waals surface area contributed by atoms with Gasteiger partial charge in [0.05, 0.1) is 9.21 Å². The smallest absolute Gasteiger partial charge is 0.212 e. The van der Waals surface area contributed by atoms with E-state index in [-0.39, 0.29) is 5.28 Å². The second-order valence-electron chi connectivity index (χ2n) is 2.58. The SMILES string of the molecule is Cc1nc(Cl)nc(-c2ccc(Cl)s2)n1. The van der Waals surface area contributed by atoms with Gasteiger partial charge in [0.15, 0.2) is 5.82 Å². The topological polar surface area (TPSA) is 38.7 Å². The maximum absolute atomic E-state index is 5.80. The lowest BCUT2D eigenvalue weighted by Gasteiger charge is -1.97. The summed E-state index contributed by atoms with van der Waals surface area (Å²) in [5.74, 6) is 1.17. The molecule has 2 rings (SSSR count). The third-order valence-corrected chi connectivity index (χ3v) is 2.91. The number of thiophene rings is 1. The minimum absolute atomic E-state index is 0.206. The minimum Gasteiger partial charge on any atom is -0.212 e. The molecule has 2 heterocycles. The van der Waals surface area contributed by atoms with Gasteiger partial charge in [-0.2, -0.15) is 4.98 Å². The van der Waals surface area contributed by atoms with Crippen molar-refractivity contribution in [3.8, 4) is 10.7 Å². The average Bonchev–Trinajstić information content (AvgIpc) is 2.50. The number of aryl methyl sites for hydroxylation is 1. The molecule has 0 amide bonds. The van der Waals surface area contributed by atoms with E-state index < -0.39 is 0 Å². The molecule has 0 saturated carbocycles. The zero-order chi connectivity index (χ0) is 10.1. The Kier molecular flexibility index (Phi) is 2.67. The second-order valence-corrected chi connectivity index (χ2v) is 4.63. The fourth-order valence-corrected chi connectivity index (χ4v) is 2.17. The van der Waals surface area contributed by atoms with Gasteiger partial charge in [-0.05, 0) is 30.7 Å². The van der Waals surface area contributed by atoms with Gasteiger partial charge >= 0.3 is 0 Å². The number of nitrogens with zero attached hydrogens (tertiary/aromatic N) is 3. The van der Waals surface area contributed by atoms with E-state index >= 15 is 0 Å². The summed E-state index contributed by atoms with van der Waals surface area (Å²) >= 11 is 12.9. The average molecular weight is 246 g/mol. The van der Waals surface area contributed by atoms with Crippen molar-refractivity contribution in [1.82, 2.24) is 15.0 Å². The van der Waals surface area contributed by atoms with Crippen molar-refractivity contribution >= 4 is 34.5 Å². The first-order chi connectivity index (χ1) is 6.65. The summed E-state index contributed by atoms with van der Waals surface area (Å²) in [6, 6.07) is 3.66. The first kappa shape index (κ1) is 9.83. The maximum atomic E-state index is 5.80. The normalized spacial score (nSPS) is 10.5. The molecule has 0 unspecified atom stereocenters. The molecule has 14 heavy (non-hydrogen) atoms. The van der Waals surface area contributed by atoms with Crippen molar-refractivity contribution in [2.24, 2.45) is 0 Å². The van der Waals surface area contributed by atoms with Crippen LogP contribution in [-0.2, 0) is 0 Å². The number of halogens is 2. The van der Waals surface area contributed by atoms with E-state index in [1.54, 1.807) is 13.0 Å². The molecule has 2 aromatic heterocycles. The zero-order valence-corrected chi connectivity index (χ0v) is 9.49. The van der Waals surface area contributed by atoms with Gasteiger partial charge in [0.2, 0.25) is 5.28 Å². The Morgan fingerprint density at radius 1 is 1.14 bits per heavy atom. The van der Waals surface area contributed by atoms with Gasteiger partial charge in [0, 0.05) is 0 Å². The lowest BCUT2D eigenvalue weighted by Crippen LogP contribution is -1.94. The fraction of sp³-hybridized carbons (Fsp3) is 0.125. The maximum Gasteiger partial charge on any atom is 0.226 e. The quantitative estimate of drug-likeness (QED) is 0.775. The summed E-state index contributed by atoms with van der Waals surface area (Å²) in [5, 5.41) is 0.206. The summed E-state index contributed by atoms with van der Waals surface area (Å²) in [7, 11) is 0. The third kappa shape index (κ3) is 2.03. The molecule has 0 aliphatic rings. The lowest BCUT2D eigenvalue weighted by atomic mass is 10.4. The molecule has 0 fully saturated rings. The Balaban J connectivity index is 2.51. The molecule has 6 heteroatoms. The highest BCUT2D eigenvalue weighted by molar-refractivity contribution is 7.19. The van der Waals surface area contributed by atoms with E-state index in [9.17, 15) is 0 Å². The molecule has 0 aliphatic heterocycles. The van der Waals surface area contributed by atoms with Crippen molar-refractivity contribution < 1.29 is 0 Å². The highest BCUT2D eigenvalue weighted by Gasteiger charge is 2.07. The molecule has 3 nitrogen and oxygen atoms in total. The van der Waals surface area contributed by atoms with Crippen molar-refractivity contribution in [3.63, 3.8) is 0 Å². The van der Waals surface area contributed by atoms with Crippen LogP contribution in [0.2, 0.25) is 9.62 Å². The first-order valence-electron chi connectivity index (χ1n) is 3.79. The summed E-state index contributed by atoms with van der Waals surface area (Å²) in [4.78, 5) is 12.9. The van der Waals surface area contributed by atoms with Crippen LogP contribution in [0.4, 0.5) is 0 Å². The fourth-order valence-electron chi connectivity index (χ4n) is 0.994. The Morgan fingerprint density at radius 2 is 1.93 bits per heavy atom. The predicted molar refractivity (Wildman–Crippen MR) is 57.9 cm³/mol. The van der Waals surface area contributed by atoms with Crippen LogP contribution < -0.4 is 0 Å². The predicted octanol–water partition coefficient (Wildman–Crippen LogP) is 3.22. The molecule has 0 N–H and O–H groups in total. The summed E-state index contributed by atoms with van der Waals surface area (Å²) < 4.78 is 0.703. The van der Waals surface area contributed by atoms with Crippen LogP contribution in [0.1, 0.15) is 5.82 Å². The van der Waals surface area contributed by atoms with Crippen molar-refractivity contribution in [2.75, 3.05) is 0 Å². The van der Waals surface area contributed by atoms with Crippen LogP contribution in [0.5, 0.6) is 0 Å². The summed E-state index contributed by atoms with van der Waals surface area (Å²) in [5.41, 5.74) is 0. The Hall–Kier alpha value is -0.710. The van der Waals surface area contributed by atoms with Gasteiger partial charge in [0.1, 0.15) is 5.82 Å². The van der Waals surface area contributed by atoms with E-state index in [0.29, 0.717) is 16.0 Å². The van der Waals surface area contributed by atoms with Crippen LogP contribution in [0, 0.1) is 6.92 Å². The van der Waals surface area contributed by atoms with Crippen molar-refractivity contribution in [2.45, 2.75) is 6.92 Å².